The lowest BCUT2D eigenvalue weighted by molar-refractivity contribution is 0.0766. The normalized spacial score (nSPS) is 14.1. The number of nitrogens with one attached hydrogen (secondary N) is 1. The van der Waals surface area contributed by atoms with E-state index in [9.17, 15) is 4.79 Å². The Bertz CT molecular complexity index is 1260. The van der Waals surface area contributed by atoms with Crippen LogP contribution in [0.3, 0.4) is 0 Å². The first-order valence-electron chi connectivity index (χ1n) is 10.9. The standard InChI is InChI=1S/C25H24N6O2.2H2/c26-24-23(22-15-20(30-33-22)17-5-2-1-3-6-17)29-21(16-28-24)18-7-9-19(10-8-18)25(32)31-13-4-11-27-12-14-31;;/h1-3,5-10,15-16,27H,4,11-14H2,(H2,26,28);2*1H. The van der Waals surface area contributed by atoms with Crippen molar-refractivity contribution in [1.29, 1.82) is 0 Å². The van der Waals surface area contributed by atoms with Gasteiger partial charge < -0.3 is 20.5 Å². The summed E-state index contributed by atoms with van der Waals surface area (Å²) in [5.74, 6) is 0.753. The predicted molar refractivity (Wildman–Crippen MR) is 130 cm³/mol. The van der Waals surface area contributed by atoms with Crippen LogP contribution >= 0.6 is 0 Å². The first-order valence-corrected chi connectivity index (χ1v) is 10.9. The number of nitrogens with two attached hydrogens (primary N) is 1. The van der Waals surface area contributed by atoms with Gasteiger partial charge >= 0.3 is 0 Å². The summed E-state index contributed by atoms with van der Waals surface area (Å²) < 4.78 is 5.52. The Morgan fingerprint density at radius 3 is 2.61 bits per heavy atom. The third-order valence-electron chi connectivity index (χ3n) is 5.67. The SMILES string of the molecule is Nc1ncc(-c2ccc(C(=O)N3CCCNCC3)cc2)nc1-c1cc(-c2ccccc2)no1.[HH].[HH]. The average molecular weight is 445 g/mol. The largest absolute Gasteiger partial charge is 0.382 e. The lowest BCUT2D eigenvalue weighted by Crippen LogP contribution is -2.34. The van der Waals surface area contributed by atoms with Gasteiger partial charge in [-0.15, -0.1) is 0 Å². The molecule has 4 aromatic rings. The maximum atomic E-state index is 12.8. The summed E-state index contributed by atoms with van der Waals surface area (Å²) in [6, 6.07) is 19.0. The fourth-order valence-corrected chi connectivity index (χ4v) is 3.87. The zero-order chi connectivity index (χ0) is 22.6. The van der Waals surface area contributed by atoms with Crippen molar-refractivity contribution in [2.45, 2.75) is 6.42 Å². The smallest absolute Gasteiger partial charge is 0.253 e. The summed E-state index contributed by atoms with van der Waals surface area (Å²) in [6.45, 7) is 3.25. The fourth-order valence-electron chi connectivity index (χ4n) is 3.87. The summed E-state index contributed by atoms with van der Waals surface area (Å²) in [5, 5.41) is 7.46. The second-order valence-corrected chi connectivity index (χ2v) is 7.90. The third-order valence-corrected chi connectivity index (χ3v) is 5.67. The minimum atomic E-state index is 0. The quantitative estimate of drug-likeness (QED) is 0.490. The van der Waals surface area contributed by atoms with Crippen molar-refractivity contribution >= 4 is 11.7 Å². The summed E-state index contributed by atoms with van der Waals surface area (Å²) in [7, 11) is 0. The van der Waals surface area contributed by atoms with Crippen molar-refractivity contribution in [2.75, 3.05) is 31.9 Å². The molecule has 0 radical (unpaired) electrons. The third kappa shape index (κ3) is 4.47. The second kappa shape index (κ2) is 9.22. The lowest BCUT2D eigenvalue weighted by Gasteiger charge is -2.20. The van der Waals surface area contributed by atoms with E-state index >= 15 is 0 Å². The lowest BCUT2D eigenvalue weighted by atomic mass is 10.1. The molecule has 8 nitrogen and oxygen atoms in total. The van der Waals surface area contributed by atoms with Crippen LogP contribution < -0.4 is 11.1 Å². The van der Waals surface area contributed by atoms with Crippen molar-refractivity contribution in [3.63, 3.8) is 0 Å². The number of anilines is 1. The highest BCUT2D eigenvalue weighted by molar-refractivity contribution is 5.94. The number of carbonyl (C=O) groups excluding carboxylic acids is 1. The second-order valence-electron chi connectivity index (χ2n) is 7.90. The Kier molecular flexibility index (Phi) is 5.82. The van der Waals surface area contributed by atoms with Gasteiger partial charge in [0.25, 0.3) is 5.91 Å². The molecule has 0 unspecified atom stereocenters. The van der Waals surface area contributed by atoms with Crippen molar-refractivity contribution in [3.8, 4) is 34.0 Å². The molecule has 3 N–H and O–H groups in total. The minimum Gasteiger partial charge on any atom is -0.382 e. The van der Waals surface area contributed by atoms with Crippen LogP contribution in [0.1, 0.15) is 19.6 Å². The highest BCUT2D eigenvalue weighted by atomic mass is 16.5. The molecule has 0 bridgehead atoms. The van der Waals surface area contributed by atoms with Gasteiger partial charge in [0.15, 0.2) is 17.3 Å². The number of amides is 1. The molecule has 2 aromatic carbocycles. The van der Waals surface area contributed by atoms with Crippen molar-refractivity contribution < 1.29 is 12.2 Å². The molecule has 1 saturated heterocycles. The van der Waals surface area contributed by atoms with Crippen molar-refractivity contribution in [3.05, 3.63) is 72.4 Å². The molecule has 0 saturated carbocycles. The molecule has 3 heterocycles. The van der Waals surface area contributed by atoms with Gasteiger partial charge in [-0.1, -0.05) is 47.6 Å². The monoisotopic (exact) mass is 444 g/mol. The van der Waals surface area contributed by atoms with Gasteiger partial charge in [0.05, 0.1) is 11.9 Å². The molecule has 1 amide bonds. The Hall–Kier alpha value is -4.04. The molecule has 0 aliphatic carbocycles. The van der Waals surface area contributed by atoms with Crippen LogP contribution in [0.25, 0.3) is 34.0 Å². The van der Waals surface area contributed by atoms with E-state index in [0.717, 1.165) is 43.7 Å². The zero-order valence-electron chi connectivity index (χ0n) is 18.1. The summed E-state index contributed by atoms with van der Waals surface area (Å²) in [4.78, 5) is 23.7. The molecule has 1 fully saturated rings. The number of hydrogen-bond acceptors (Lipinski definition) is 7. The maximum absolute atomic E-state index is 12.8. The maximum Gasteiger partial charge on any atom is 0.253 e. The van der Waals surface area contributed by atoms with Gasteiger partial charge in [0, 0.05) is 45.2 Å². The predicted octanol–water partition coefficient (Wildman–Crippen LogP) is 3.98. The van der Waals surface area contributed by atoms with Gasteiger partial charge in [-0.05, 0) is 25.1 Å². The Morgan fingerprint density at radius 2 is 1.79 bits per heavy atom. The van der Waals surface area contributed by atoms with E-state index in [0.29, 0.717) is 28.4 Å². The van der Waals surface area contributed by atoms with E-state index in [4.69, 9.17) is 10.3 Å². The van der Waals surface area contributed by atoms with E-state index in [1.54, 1.807) is 12.3 Å². The highest BCUT2D eigenvalue weighted by Gasteiger charge is 2.18. The molecule has 5 rings (SSSR count). The van der Waals surface area contributed by atoms with Crippen LogP contribution in [-0.4, -0.2) is 52.1 Å². The van der Waals surface area contributed by atoms with E-state index in [2.05, 4.69) is 20.4 Å². The molecule has 8 heteroatoms. The summed E-state index contributed by atoms with van der Waals surface area (Å²) >= 11 is 0. The Balaban J connectivity index is 0.00000171. The Morgan fingerprint density at radius 1 is 1.00 bits per heavy atom. The molecular weight excluding hydrogens is 416 g/mol. The molecule has 33 heavy (non-hydrogen) atoms. The summed E-state index contributed by atoms with van der Waals surface area (Å²) in [5.41, 5.74) is 10.3. The molecule has 0 spiro atoms. The molecule has 0 atom stereocenters. The number of nitrogens with zero attached hydrogens (tertiary/aromatic N) is 4. The average Bonchev–Trinajstić information content (AvgIpc) is 3.19. The zero-order valence-corrected chi connectivity index (χ0v) is 18.1. The summed E-state index contributed by atoms with van der Waals surface area (Å²) in [6.07, 6.45) is 2.58. The van der Waals surface area contributed by atoms with Gasteiger partial charge in [-0.3, -0.25) is 4.79 Å². The molecule has 1 aliphatic rings. The number of benzene rings is 2. The first-order chi connectivity index (χ1) is 16.2. The van der Waals surface area contributed by atoms with Crippen LogP contribution in [0.5, 0.6) is 0 Å². The van der Waals surface area contributed by atoms with E-state index in [1.807, 2.05) is 59.5 Å². The van der Waals surface area contributed by atoms with Gasteiger partial charge in [-0.25, -0.2) is 9.97 Å². The topological polar surface area (TPSA) is 110 Å². The number of nitrogen functional groups attached to an aromatic ring is 1. The number of aromatic nitrogens is 3. The molecular formula is C25H28N6O2. The molecule has 170 valence electrons. The first kappa shape index (κ1) is 20.8. The minimum absolute atomic E-state index is 0. The number of carbonyl (C=O) groups is 1. The van der Waals surface area contributed by atoms with Crippen LogP contribution in [-0.2, 0) is 0 Å². The number of rotatable bonds is 4. The van der Waals surface area contributed by atoms with Crippen molar-refractivity contribution in [2.24, 2.45) is 0 Å². The Labute approximate surface area is 194 Å². The van der Waals surface area contributed by atoms with Crippen LogP contribution in [0.4, 0.5) is 5.82 Å². The van der Waals surface area contributed by atoms with Crippen molar-refractivity contribution in [1.82, 2.24) is 25.3 Å². The van der Waals surface area contributed by atoms with Gasteiger partial charge in [0.2, 0.25) is 0 Å². The number of hydrogen-bond donors (Lipinski definition) is 2. The van der Waals surface area contributed by atoms with Crippen LogP contribution in [0.2, 0.25) is 0 Å². The fraction of sp³-hybridized carbons (Fsp3) is 0.200. The van der Waals surface area contributed by atoms with Crippen LogP contribution in [0, 0.1) is 0 Å². The van der Waals surface area contributed by atoms with E-state index in [-0.39, 0.29) is 14.6 Å². The highest BCUT2D eigenvalue weighted by Crippen LogP contribution is 2.29. The molecule has 2 aromatic heterocycles. The van der Waals surface area contributed by atoms with Gasteiger partial charge in [-0.2, -0.15) is 0 Å². The van der Waals surface area contributed by atoms with Gasteiger partial charge in [0.1, 0.15) is 5.69 Å². The van der Waals surface area contributed by atoms with Crippen LogP contribution in [0.15, 0.2) is 71.4 Å². The molecule has 1 aliphatic heterocycles. The van der Waals surface area contributed by atoms with E-state index in [1.165, 1.54) is 0 Å². The van der Waals surface area contributed by atoms with E-state index < -0.39 is 0 Å².